The van der Waals surface area contributed by atoms with Crippen molar-refractivity contribution < 1.29 is 9.53 Å². The van der Waals surface area contributed by atoms with E-state index in [-0.39, 0.29) is 5.78 Å². The largest absolute Gasteiger partial charge is 0.378 e. The molecule has 30 heavy (non-hydrogen) atoms. The van der Waals surface area contributed by atoms with Crippen molar-refractivity contribution in [3.8, 4) is 0 Å². The van der Waals surface area contributed by atoms with Crippen molar-refractivity contribution in [2.45, 2.75) is 0 Å². The van der Waals surface area contributed by atoms with Crippen LogP contribution in [0.25, 0.3) is 5.52 Å². The molecule has 0 saturated carbocycles. The Kier molecular flexibility index (Phi) is 4.86. The Hall–Kier alpha value is -3.71. The highest BCUT2D eigenvalue weighted by molar-refractivity contribution is 6.08. The zero-order valence-electron chi connectivity index (χ0n) is 16.4. The number of nitrogens with zero attached hydrogens (tertiary/aromatic N) is 4. The summed E-state index contributed by atoms with van der Waals surface area (Å²) in [6.45, 7) is 3.32. The number of ketones is 1. The number of nitrogens with one attached hydrogen (secondary N) is 1. The van der Waals surface area contributed by atoms with E-state index in [9.17, 15) is 4.79 Å². The Bertz CT molecular complexity index is 1170. The van der Waals surface area contributed by atoms with Crippen LogP contribution in [-0.4, -0.2) is 46.7 Å². The van der Waals surface area contributed by atoms with Crippen LogP contribution in [0.2, 0.25) is 0 Å². The van der Waals surface area contributed by atoms with E-state index < -0.39 is 0 Å². The molecule has 0 radical (unpaired) electrons. The van der Waals surface area contributed by atoms with Crippen molar-refractivity contribution in [1.82, 2.24) is 14.6 Å². The van der Waals surface area contributed by atoms with Crippen LogP contribution < -0.4 is 10.2 Å². The fraction of sp³-hybridized carbons (Fsp3) is 0.174. The molecule has 0 spiro atoms. The first-order chi connectivity index (χ1) is 14.8. The maximum absolute atomic E-state index is 12.9. The van der Waals surface area contributed by atoms with Crippen molar-refractivity contribution in [3.05, 3.63) is 84.2 Å². The summed E-state index contributed by atoms with van der Waals surface area (Å²) in [7, 11) is 0. The molecule has 0 amide bonds. The fourth-order valence-electron chi connectivity index (χ4n) is 3.57. The molecule has 1 saturated heterocycles. The van der Waals surface area contributed by atoms with Crippen LogP contribution in [0, 0.1) is 0 Å². The second-order valence-electron chi connectivity index (χ2n) is 7.10. The second kappa shape index (κ2) is 7.96. The maximum Gasteiger partial charge on any atom is 0.245 e. The molecule has 0 atom stereocenters. The summed E-state index contributed by atoms with van der Waals surface area (Å²) in [6.07, 6.45) is 1.71. The number of morpholine rings is 1. The SMILES string of the molecule is O=C(c1ccccc1)c1ccc2cnc(Nc3ccc(N4CCOCC4)cc3)nn12. The Morgan fingerprint density at radius 2 is 1.70 bits per heavy atom. The number of carbonyl (C=O) groups excluding carboxylic acids is 1. The van der Waals surface area contributed by atoms with E-state index >= 15 is 0 Å². The predicted octanol–water partition coefficient (Wildman–Crippen LogP) is 3.54. The molecular formula is C23H21N5O2. The van der Waals surface area contributed by atoms with Gasteiger partial charge in [-0.05, 0) is 36.4 Å². The van der Waals surface area contributed by atoms with Gasteiger partial charge in [-0.25, -0.2) is 9.50 Å². The number of fused-ring (bicyclic) bond motifs is 1. The van der Waals surface area contributed by atoms with Gasteiger partial charge in [0.15, 0.2) is 0 Å². The molecule has 7 heteroatoms. The van der Waals surface area contributed by atoms with Crippen LogP contribution in [0.5, 0.6) is 0 Å². The van der Waals surface area contributed by atoms with Gasteiger partial charge in [-0.2, -0.15) is 0 Å². The molecule has 150 valence electrons. The average Bonchev–Trinajstić information content (AvgIpc) is 3.23. The predicted molar refractivity (Wildman–Crippen MR) is 116 cm³/mol. The van der Waals surface area contributed by atoms with Gasteiger partial charge in [-0.3, -0.25) is 4.79 Å². The number of carbonyl (C=O) groups is 1. The molecule has 1 aliphatic rings. The lowest BCUT2D eigenvalue weighted by Crippen LogP contribution is -2.36. The van der Waals surface area contributed by atoms with Crippen LogP contribution in [-0.2, 0) is 4.74 Å². The monoisotopic (exact) mass is 399 g/mol. The van der Waals surface area contributed by atoms with E-state index in [0.717, 1.165) is 37.5 Å². The second-order valence-corrected chi connectivity index (χ2v) is 7.10. The van der Waals surface area contributed by atoms with Crippen LogP contribution in [0.15, 0.2) is 72.9 Å². The molecular weight excluding hydrogens is 378 g/mol. The van der Waals surface area contributed by atoms with Gasteiger partial charge < -0.3 is 15.0 Å². The van der Waals surface area contributed by atoms with E-state index in [2.05, 4.69) is 32.4 Å². The summed E-state index contributed by atoms with van der Waals surface area (Å²) in [6, 6.07) is 21.0. The van der Waals surface area contributed by atoms with Crippen molar-refractivity contribution in [2.24, 2.45) is 0 Å². The lowest BCUT2D eigenvalue weighted by Gasteiger charge is -2.28. The van der Waals surface area contributed by atoms with Crippen molar-refractivity contribution >= 4 is 28.6 Å². The molecule has 0 bridgehead atoms. The quantitative estimate of drug-likeness (QED) is 0.518. The van der Waals surface area contributed by atoms with Crippen molar-refractivity contribution in [3.63, 3.8) is 0 Å². The molecule has 7 nitrogen and oxygen atoms in total. The van der Waals surface area contributed by atoms with Crippen molar-refractivity contribution in [2.75, 3.05) is 36.5 Å². The van der Waals surface area contributed by atoms with Gasteiger partial charge in [0.1, 0.15) is 5.69 Å². The third kappa shape index (κ3) is 3.62. The average molecular weight is 399 g/mol. The highest BCUT2D eigenvalue weighted by atomic mass is 16.5. The number of anilines is 3. The summed E-state index contributed by atoms with van der Waals surface area (Å²) < 4.78 is 7.04. The summed E-state index contributed by atoms with van der Waals surface area (Å²) in [5, 5.41) is 7.76. The molecule has 2 aromatic carbocycles. The maximum atomic E-state index is 12.9. The Morgan fingerprint density at radius 3 is 2.47 bits per heavy atom. The summed E-state index contributed by atoms with van der Waals surface area (Å²) in [5.41, 5.74) is 3.95. The lowest BCUT2D eigenvalue weighted by atomic mass is 10.1. The molecule has 4 aromatic rings. The number of aromatic nitrogens is 3. The first kappa shape index (κ1) is 18.3. The van der Waals surface area contributed by atoms with Crippen molar-refractivity contribution in [1.29, 1.82) is 0 Å². The Balaban J connectivity index is 1.38. The van der Waals surface area contributed by atoms with Crippen LogP contribution in [0.4, 0.5) is 17.3 Å². The van der Waals surface area contributed by atoms with E-state index in [0.29, 0.717) is 17.2 Å². The minimum Gasteiger partial charge on any atom is -0.378 e. The number of hydrogen-bond acceptors (Lipinski definition) is 6. The topological polar surface area (TPSA) is 71.8 Å². The van der Waals surface area contributed by atoms with Crippen LogP contribution >= 0.6 is 0 Å². The van der Waals surface area contributed by atoms with Gasteiger partial charge in [0, 0.05) is 30.0 Å². The first-order valence-corrected chi connectivity index (χ1v) is 9.92. The first-order valence-electron chi connectivity index (χ1n) is 9.92. The smallest absolute Gasteiger partial charge is 0.245 e. The molecule has 5 rings (SSSR count). The van der Waals surface area contributed by atoms with E-state index in [1.165, 1.54) is 5.69 Å². The van der Waals surface area contributed by atoms with Gasteiger partial charge in [-0.15, -0.1) is 5.10 Å². The Morgan fingerprint density at radius 1 is 0.933 bits per heavy atom. The Labute approximate surface area is 173 Å². The summed E-state index contributed by atoms with van der Waals surface area (Å²) >= 11 is 0. The zero-order chi connectivity index (χ0) is 20.3. The number of ether oxygens (including phenoxy) is 1. The van der Waals surface area contributed by atoms with Gasteiger partial charge in [-0.1, -0.05) is 30.3 Å². The molecule has 1 fully saturated rings. The fourth-order valence-corrected chi connectivity index (χ4v) is 3.57. The van der Waals surface area contributed by atoms with E-state index in [1.807, 2.05) is 36.4 Å². The van der Waals surface area contributed by atoms with E-state index in [4.69, 9.17) is 4.74 Å². The molecule has 0 aliphatic carbocycles. The number of hydrogen-bond donors (Lipinski definition) is 1. The summed E-state index contributed by atoms with van der Waals surface area (Å²) in [4.78, 5) is 19.5. The molecule has 0 unspecified atom stereocenters. The molecule has 1 aliphatic heterocycles. The van der Waals surface area contributed by atoms with Gasteiger partial charge >= 0.3 is 0 Å². The highest BCUT2D eigenvalue weighted by Crippen LogP contribution is 2.21. The normalized spacial score (nSPS) is 14.1. The van der Waals surface area contributed by atoms with Gasteiger partial charge in [0.05, 0.1) is 24.9 Å². The zero-order valence-corrected chi connectivity index (χ0v) is 16.4. The third-order valence-electron chi connectivity index (χ3n) is 5.17. The van der Waals surface area contributed by atoms with Gasteiger partial charge in [0.2, 0.25) is 11.7 Å². The van der Waals surface area contributed by atoms with Crippen LogP contribution in [0.3, 0.4) is 0 Å². The number of benzene rings is 2. The highest BCUT2D eigenvalue weighted by Gasteiger charge is 2.15. The summed E-state index contributed by atoms with van der Waals surface area (Å²) in [5.74, 6) is 0.357. The van der Waals surface area contributed by atoms with Crippen LogP contribution in [0.1, 0.15) is 16.1 Å². The molecule has 3 heterocycles. The molecule has 1 N–H and O–H groups in total. The standard InChI is InChI=1S/C23H21N5O2/c29-22(17-4-2-1-3-5-17)21-11-10-20-16-24-23(26-28(20)21)25-18-6-8-19(9-7-18)27-12-14-30-15-13-27/h1-11,16H,12-15H2,(H,25,26). The number of rotatable bonds is 5. The van der Waals surface area contributed by atoms with Gasteiger partial charge in [0.25, 0.3) is 0 Å². The van der Waals surface area contributed by atoms with E-state index in [1.54, 1.807) is 28.9 Å². The minimum atomic E-state index is -0.0740. The minimum absolute atomic E-state index is 0.0740. The molecule has 2 aromatic heterocycles. The third-order valence-corrected chi connectivity index (χ3v) is 5.17. The lowest BCUT2D eigenvalue weighted by molar-refractivity contribution is 0.103.